The molecule has 0 aromatic rings. The van der Waals surface area contributed by atoms with E-state index in [1.165, 1.54) is 0 Å². The van der Waals surface area contributed by atoms with Gasteiger partial charge in [0.15, 0.2) is 0 Å². The highest BCUT2D eigenvalue weighted by atomic mass is 28.1. The molecule has 1 nitrogen and oxygen atoms in total. The molecule has 2 heteroatoms. The second-order valence-corrected chi connectivity index (χ2v) is 1.63. The molecule has 0 aliphatic rings. The first-order valence-corrected chi connectivity index (χ1v) is 3.05. The summed E-state index contributed by atoms with van der Waals surface area (Å²) in [4.78, 5) is 0. The second kappa shape index (κ2) is 2.02. The summed E-state index contributed by atoms with van der Waals surface area (Å²) < 4.78 is 0. The summed E-state index contributed by atoms with van der Waals surface area (Å²) in [5.74, 6) is 0.316. The average Bonchev–Trinajstić information content (AvgIpc) is 1.38. The van der Waals surface area contributed by atoms with Gasteiger partial charge in [-0.15, -0.1) is 0 Å². The molecule has 0 spiro atoms. The van der Waals surface area contributed by atoms with Gasteiger partial charge in [0, 0.05) is 10.2 Å². The van der Waals surface area contributed by atoms with Crippen LogP contribution in [-0.2, 0) is 0 Å². The topological polar surface area (TPSA) is 20.2 Å². The normalized spacial score (nSPS) is 8.00. The van der Waals surface area contributed by atoms with E-state index in [0.717, 1.165) is 16.3 Å². The van der Waals surface area contributed by atoms with Crippen LogP contribution in [0.2, 0.25) is 6.04 Å². The van der Waals surface area contributed by atoms with E-state index in [-0.39, 0.29) is 0 Å². The van der Waals surface area contributed by atoms with E-state index in [1.807, 2.05) is 0 Å². The van der Waals surface area contributed by atoms with Crippen LogP contribution >= 0.6 is 0 Å². The molecule has 0 atom stereocenters. The fourth-order valence-electron chi connectivity index (χ4n) is 0. The first-order valence-electron chi connectivity index (χ1n) is 1.64. The maximum atomic E-state index is 8.20. The van der Waals surface area contributed by atoms with Crippen LogP contribution in [0.3, 0.4) is 0 Å². The molecule has 0 aliphatic carbocycles. The molecule has 30 valence electrons. The van der Waals surface area contributed by atoms with E-state index >= 15 is 0 Å². The van der Waals surface area contributed by atoms with Crippen molar-refractivity contribution >= 4 is 10.2 Å². The van der Waals surface area contributed by atoms with Gasteiger partial charge in [-0.2, -0.15) is 0 Å². The zero-order chi connectivity index (χ0) is 4.28. The highest BCUT2D eigenvalue weighted by molar-refractivity contribution is 6.09. The molecule has 0 radical (unpaired) electrons. The summed E-state index contributed by atoms with van der Waals surface area (Å²) in [7, 11) is 1.02. The summed E-state index contributed by atoms with van der Waals surface area (Å²) >= 11 is 0. The van der Waals surface area contributed by atoms with Crippen molar-refractivity contribution in [2.24, 2.45) is 0 Å². The van der Waals surface area contributed by atoms with Crippen molar-refractivity contribution < 1.29 is 5.11 Å². The summed E-state index contributed by atoms with van der Waals surface area (Å²) in [5, 5.41) is 8.20. The summed E-state index contributed by atoms with van der Waals surface area (Å²) in [6, 6.07) is 0.806. The zero-order valence-corrected chi connectivity index (χ0v) is 5.36. The molecule has 0 bridgehead atoms. The molecular weight excluding hydrogens is 80.1 g/mol. The van der Waals surface area contributed by atoms with Crippen LogP contribution in [0, 0.1) is 0 Å². The SMILES string of the molecule is C=C(O)C[SiH3]. The highest BCUT2D eigenvalue weighted by Gasteiger charge is 1.71. The number of hydrogen-bond donors (Lipinski definition) is 1. The van der Waals surface area contributed by atoms with Crippen LogP contribution in [0.25, 0.3) is 0 Å². The number of aliphatic hydroxyl groups is 1. The van der Waals surface area contributed by atoms with Crippen LogP contribution < -0.4 is 0 Å². The van der Waals surface area contributed by atoms with Gasteiger partial charge < -0.3 is 5.11 Å². The summed E-state index contributed by atoms with van der Waals surface area (Å²) in [6.07, 6.45) is 0. The molecule has 0 heterocycles. The number of allylic oxidation sites excluding steroid dienone is 1. The Bertz CT molecular complexity index is 42.2. The molecule has 0 aliphatic heterocycles. The lowest BCUT2D eigenvalue weighted by Crippen LogP contribution is -1.69. The molecule has 5 heavy (non-hydrogen) atoms. The minimum absolute atomic E-state index is 0.316. The Hall–Kier alpha value is -0.243. The lowest BCUT2D eigenvalue weighted by Gasteiger charge is -1.80. The predicted octanol–water partition coefficient (Wildman–Crippen LogP) is -0.158. The quantitative estimate of drug-likeness (QED) is 0.349. The molecule has 0 unspecified atom stereocenters. The minimum Gasteiger partial charge on any atom is -0.513 e. The Kier molecular flexibility index (Phi) is 1.92. The van der Waals surface area contributed by atoms with Gasteiger partial charge in [-0.3, -0.25) is 0 Å². The van der Waals surface area contributed by atoms with Gasteiger partial charge in [-0.25, -0.2) is 0 Å². The van der Waals surface area contributed by atoms with Crippen molar-refractivity contribution in [1.29, 1.82) is 0 Å². The van der Waals surface area contributed by atoms with E-state index in [4.69, 9.17) is 5.11 Å². The fraction of sp³-hybridized carbons (Fsp3) is 0.333. The molecule has 0 aromatic heterocycles. The van der Waals surface area contributed by atoms with Crippen LogP contribution in [0.15, 0.2) is 12.3 Å². The smallest absolute Gasteiger partial charge is 0.0815 e. The maximum absolute atomic E-state index is 8.20. The largest absolute Gasteiger partial charge is 0.513 e. The van der Waals surface area contributed by atoms with Gasteiger partial charge in [0.1, 0.15) is 0 Å². The lowest BCUT2D eigenvalue weighted by molar-refractivity contribution is 0.417. The Balaban J connectivity index is 2.85. The number of aliphatic hydroxyl groups excluding tert-OH is 1. The molecular formula is C3H8OSi. The van der Waals surface area contributed by atoms with Gasteiger partial charge in [0.05, 0.1) is 5.76 Å². The van der Waals surface area contributed by atoms with E-state index in [1.54, 1.807) is 0 Å². The third kappa shape index (κ3) is 3.76. The molecule has 0 amide bonds. The minimum atomic E-state index is 0.316. The van der Waals surface area contributed by atoms with Crippen LogP contribution in [0.1, 0.15) is 0 Å². The number of hydrogen-bond acceptors (Lipinski definition) is 1. The average molecular weight is 88.2 g/mol. The third-order valence-electron chi connectivity index (χ3n) is 0.408. The zero-order valence-electron chi connectivity index (χ0n) is 3.36. The van der Waals surface area contributed by atoms with E-state index in [0.29, 0.717) is 5.76 Å². The maximum Gasteiger partial charge on any atom is 0.0815 e. The fourth-order valence-corrected chi connectivity index (χ4v) is 0. The van der Waals surface area contributed by atoms with Gasteiger partial charge >= 0.3 is 0 Å². The molecule has 0 saturated carbocycles. The van der Waals surface area contributed by atoms with E-state index < -0.39 is 0 Å². The first kappa shape index (κ1) is 4.76. The standard InChI is InChI=1S/C3H8OSi/c1-3(4)2-5/h4H,1-2H2,5H3. The Morgan fingerprint density at radius 3 is 2.20 bits per heavy atom. The van der Waals surface area contributed by atoms with Gasteiger partial charge in [0.2, 0.25) is 0 Å². The van der Waals surface area contributed by atoms with E-state index in [2.05, 4.69) is 6.58 Å². The highest BCUT2D eigenvalue weighted by Crippen LogP contribution is 1.81. The van der Waals surface area contributed by atoms with Crippen molar-refractivity contribution in [1.82, 2.24) is 0 Å². The van der Waals surface area contributed by atoms with Crippen LogP contribution in [-0.4, -0.2) is 15.3 Å². The van der Waals surface area contributed by atoms with Crippen molar-refractivity contribution in [2.45, 2.75) is 6.04 Å². The van der Waals surface area contributed by atoms with Crippen molar-refractivity contribution in [2.75, 3.05) is 0 Å². The number of rotatable bonds is 1. The van der Waals surface area contributed by atoms with E-state index in [9.17, 15) is 0 Å². The van der Waals surface area contributed by atoms with Crippen molar-refractivity contribution in [3.05, 3.63) is 12.3 Å². The lowest BCUT2D eigenvalue weighted by atomic mass is 10.7. The molecule has 0 aromatic carbocycles. The predicted molar refractivity (Wildman–Crippen MR) is 26.5 cm³/mol. The first-order chi connectivity index (χ1) is 2.27. The Labute approximate surface area is 34.7 Å². The molecule has 0 rings (SSSR count). The second-order valence-electron chi connectivity index (χ2n) is 0.920. The summed E-state index contributed by atoms with van der Waals surface area (Å²) in [6.45, 7) is 3.26. The molecule has 0 saturated heterocycles. The monoisotopic (exact) mass is 88.0 g/mol. The van der Waals surface area contributed by atoms with Gasteiger partial charge in [-0.05, 0) is 6.04 Å². The Morgan fingerprint density at radius 2 is 2.20 bits per heavy atom. The third-order valence-corrected chi connectivity index (χ3v) is 1.22. The van der Waals surface area contributed by atoms with Gasteiger partial charge in [0.25, 0.3) is 0 Å². The Morgan fingerprint density at radius 1 is 2.00 bits per heavy atom. The van der Waals surface area contributed by atoms with Crippen LogP contribution in [0.4, 0.5) is 0 Å². The summed E-state index contributed by atoms with van der Waals surface area (Å²) in [5.41, 5.74) is 0. The van der Waals surface area contributed by atoms with Crippen molar-refractivity contribution in [3.8, 4) is 0 Å². The van der Waals surface area contributed by atoms with Crippen LogP contribution in [0.5, 0.6) is 0 Å². The molecule has 0 fully saturated rings. The van der Waals surface area contributed by atoms with Crippen molar-refractivity contribution in [3.63, 3.8) is 0 Å². The van der Waals surface area contributed by atoms with Gasteiger partial charge in [-0.1, -0.05) is 6.58 Å². The molecule has 1 N–H and O–H groups in total.